The quantitative estimate of drug-likeness (QED) is 0.349. The number of hydrogen-bond acceptors (Lipinski definition) is 4. The molecule has 1 atom stereocenters. The van der Waals surface area contributed by atoms with Crippen LogP contribution < -0.4 is 16.1 Å². The number of nitrogens with one attached hydrogen (secondary N) is 2. The third kappa shape index (κ3) is 5.43. The van der Waals surface area contributed by atoms with E-state index >= 15 is 0 Å². The molecule has 2 aliphatic rings. The van der Waals surface area contributed by atoms with Gasteiger partial charge in [-0.2, -0.15) is 0 Å². The largest absolute Gasteiger partial charge is 0.381 e. The number of halogens is 2. The third-order valence-corrected chi connectivity index (χ3v) is 6.16. The van der Waals surface area contributed by atoms with Crippen LogP contribution in [-0.2, 0) is 11.3 Å². The lowest BCUT2D eigenvalue weighted by molar-refractivity contribution is 0.0611. The number of carbonyl (C=O) groups is 1. The molecule has 0 spiro atoms. The Hall–Kier alpha value is -2.46. The molecule has 2 aromatic rings. The highest BCUT2D eigenvalue weighted by molar-refractivity contribution is 14.1. The lowest BCUT2D eigenvalue weighted by Crippen LogP contribution is -2.32. The summed E-state index contributed by atoms with van der Waals surface area (Å²) in [5.41, 5.74) is 1.21. The number of hydrogen-bond donors (Lipinski definition) is 2. The molecule has 0 radical (unpaired) electrons. The molecule has 1 amide bonds. The van der Waals surface area contributed by atoms with E-state index in [4.69, 9.17) is 4.74 Å². The number of dihydropyridines is 1. The number of nitrogens with zero attached hydrogens (tertiary/aromatic N) is 1. The van der Waals surface area contributed by atoms with E-state index < -0.39 is 5.91 Å². The zero-order valence-electron chi connectivity index (χ0n) is 16.8. The standard InChI is InChI=1S/C23H23FIN3O3/c24-17-3-1-16(2-4-17)19-13-28(12-15-7-9-31-10-8-15)14-20(22(19)29)23(30)27-18-5-6-21(25)26-11-18/h1-6,11,13-15,21,26H,7-10,12H2,(H,27,30). The number of allylic oxidation sites excluding steroid dienone is 1. The van der Waals surface area contributed by atoms with Gasteiger partial charge >= 0.3 is 0 Å². The van der Waals surface area contributed by atoms with E-state index in [2.05, 4.69) is 33.2 Å². The molecule has 1 saturated heterocycles. The second-order valence-corrected chi connectivity index (χ2v) is 9.00. The fourth-order valence-electron chi connectivity index (χ4n) is 3.70. The molecule has 1 aromatic heterocycles. The van der Waals surface area contributed by atoms with Gasteiger partial charge in [0, 0.05) is 43.9 Å². The van der Waals surface area contributed by atoms with Crippen molar-refractivity contribution in [1.29, 1.82) is 0 Å². The Kier molecular flexibility index (Phi) is 6.86. The Balaban J connectivity index is 1.68. The molecule has 0 bridgehead atoms. The monoisotopic (exact) mass is 535 g/mol. The van der Waals surface area contributed by atoms with Crippen molar-refractivity contribution >= 4 is 28.5 Å². The molecular formula is C23H23FIN3O3. The van der Waals surface area contributed by atoms with E-state index in [9.17, 15) is 14.0 Å². The predicted molar refractivity (Wildman–Crippen MR) is 125 cm³/mol. The summed E-state index contributed by atoms with van der Waals surface area (Å²) in [5, 5.41) is 5.90. The van der Waals surface area contributed by atoms with Gasteiger partial charge in [-0.25, -0.2) is 4.39 Å². The highest BCUT2D eigenvalue weighted by atomic mass is 127. The summed E-state index contributed by atoms with van der Waals surface area (Å²) >= 11 is 2.22. The topological polar surface area (TPSA) is 72.4 Å². The van der Waals surface area contributed by atoms with Gasteiger partial charge in [-0.15, -0.1) is 0 Å². The Morgan fingerprint density at radius 2 is 1.97 bits per heavy atom. The molecule has 8 heteroatoms. The number of benzene rings is 1. The summed E-state index contributed by atoms with van der Waals surface area (Å²) in [7, 11) is 0. The van der Waals surface area contributed by atoms with Crippen molar-refractivity contribution in [3.8, 4) is 11.1 Å². The van der Waals surface area contributed by atoms with Gasteiger partial charge in [-0.05, 0) is 42.5 Å². The average molecular weight is 535 g/mol. The summed E-state index contributed by atoms with van der Waals surface area (Å²) in [6.45, 7) is 2.11. The first-order valence-corrected chi connectivity index (χ1v) is 11.4. The van der Waals surface area contributed by atoms with E-state index in [-0.39, 0.29) is 20.9 Å². The Bertz CT molecular complexity index is 1070. The number of rotatable bonds is 5. The second-order valence-electron chi connectivity index (χ2n) is 7.66. The Labute approximate surface area is 193 Å². The van der Waals surface area contributed by atoms with Crippen molar-refractivity contribution in [2.75, 3.05) is 13.2 Å². The van der Waals surface area contributed by atoms with Gasteiger partial charge in [0.05, 0.1) is 9.75 Å². The predicted octanol–water partition coefficient (Wildman–Crippen LogP) is 3.57. The fraction of sp³-hybridized carbons (Fsp3) is 0.304. The summed E-state index contributed by atoms with van der Waals surface area (Å²) < 4.78 is 20.9. The lowest BCUT2D eigenvalue weighted by Gasteiger charge is -2.24. The molecule has 0 aliphatic carbocycles. The van der Waals surface area contributed by atoms with Gasteiger partial charge in [0.15, 0.2) is 0 Å². The minimum Gasteiger partial charge on any atom is -0.381 e. The van der Waals surface area contributed by atoms with E-state index in [1.54, 1.807) is 36.8 Å². The highest BCUT2D eigenvalue weighted by Gasteiger charge is 2.20. The summed E-state index contributed by atoms with van der Waals surface area (Å²) in [4.78, 5) is 26.2. The van der Waals surface area contributed by atoms with Crippen LogP contribution in [0.2, 0.25) is 0 Å². The van der Waals surface area contributed by atoms with Gasteiger partial charge in [-0.1, -0.05) is 40.8 Å². The molecule has 2 N–H and O–H groups in total. The van der Waals surface area contributed by atoms with Crippen LogP contribution >= 0.6 is 22.6 Å². The normalized spacial score (nSPS) is 18.9. The summed E-state index contributed by atoms with van der Waals surface area (Å²) in [6, 6.07) is 5.75. The maximum Gasteiger partial charge on any atom is 0.261 e. The smallest absolute Gasteiger partial charge is 0.261 e. The minimum atomic E-state index is -0.473. The van der Waals surface area contributed by atoms with Crippen LogP contribution in [0.3, 0.4) is 0 Å². The third-order valence-electron chi connectivity index (χ3n) is 5.39. The maximum absolute atomic E-state index is 13.4. The number of pyridine rings is 1. The van der Waals surface area contributed by atoms with Gasteiger partial charge < -0.3 is 19.9 Å². The number of carbonyl (C=O) groups excluding carboxylic acids is 1. The van der Waals surface area contributed by atoms with Crippen LogP contribution in [0.5, 0.6) is 0 Å². The summed E-state index contributed by atoms with van der Waals surface area (Å²) in [5.74, 6) is -0.446. The SMILES string of the molecule is O=C(NC1=CNC(I)C=C1)c1cn(CC2CCOCC2)cc(-c2ccc(F)cc2)c1=O. The van der Waals surface area contributed by atoms with E-state index in [1.165, 1.54) is 12.1 Å². The molecule has 6 nitrogen and oxygen atoms in total. The Morgan fingerprint density at radius 1 is 1.23 bits per heavy atom. The van der Waals surface area contributed by atoms with Crippen molar-refractivity contribution in [2.45, 2.75) is 23.4 Å². The van der Waals surface area contributed by atoms with Crippen LogP contribution in [-0.4, -0.2) is 27.7 Å². The number of ether oxygens (including phenoxy) is 1. The zero-order chi connectivity index (χ0) is 21.8. The number of alkyl halides is 1. The van der Waals surface area contributed by atoms with Crippen LogP contribution in [0.4, 0.5) is 4.39 Å². The maximum atomic E-state index is 13.4. The van der Waals surface area contributed by atoms with E-state index in [1.807, 2.05) is 10.6 Å². The van der Waals surface area contributed by atoms with Crippen molar-refractivity contribution in [3.63, 3.8) is 0 Å². The minimum absolute atomic E-state index is 0.0554. The Morgan fingerprint density at radius 3 is 2.65 bits per heavy atom. The van der Waals surface area contributed by atoms with Crippen molar-refractivity contribution in [2.24, 2.45) is 5.92 Å². The van der Waals surface area contributed by atoms with Gasteiger partial charge in [0.2, 0.25) is 5.43 Å². The molecule has 3 heterocycles. The van der Waals surface area contributed by atoms with E-state index in [0.717, 1.165) is 12.8 Å². The molecular weight excluding hydrogens is 512 g/mol. The van der Waals surface area contributed by atoms with Crippen molar-refractivity contribution in [1.82, 2.24) is 15.2 Å². The van der Waals surface area contributed by atoms with Crippen LogP contribution in [0.25, 0.3) is 11.1 Å². The first-order chi connectivity index (χ1) is 15.0. The van der Waals surface area contributed by atoms with Gasteiger partial charge in [0.1, 0.15) is 11.4 Å². The molecule has 1 unspecified atom stereocenters. The molecule has 1 fully saturated rings. The van der Waals surface area contributed by atoms with Crippen molar-refractivity contribution < 1.29 is 13.9 Å². The van der Waals surface area contributed by atoms with Gasteiger partial charge in [-0.3, -0.25) is 9.59 Å². The molecule has 162 valence electrons. The molecule has 1 aromatic carbocycles. The first kappa shape index (κ1) is 21.8. The lowest BCUT2D eigenvalue weighted by atomic mass is 9.99. The van der Waals surface area contributed by atoms with Gasteiger partial charge in [0.25, 0.3) is 5.91 Å². The molecule has 2 aliphatic heterocycles. The summed E-state index contributed by atoms with van der Waals surface area (Å²) in [6.07, 6.45) is 10.6. The number of amides is 1. The average Bonchev–Trinajstić information content (AvgIpc) is 2.78. The second kappa shape index (κ2) is 9.78. The molecule has 4 rings (SSSR count). The molecule has 0 saturated carbocycles. The van der Waals surface area contributed by atoms with E-state index in [0.29, 0.717) is 42.5 Å². The molecule has 31 heavy (non-hydrogen) atoms. The first-order valence-electron chi connectivity index (χ1n) is 10.2. The highest BCUT2D eigenvalue weighted by Crippen LogP contribution is 2.21. The fourth-order valence-corrected chi connectivity index (χ4v) is 4.09. The number of aromatic nitrogens is 1. The van der Waals surface area contributed by atoms with Crippen molar-refractivity contribution in [3.05, 3.63) is 82.3 Å². The van der Waals surface area contributed by atoms with Crippen LogP contribution in [0, 0.1) is 11.7 Å². The van der Waals surface area contributed by atoms with Crippen LogP contribution in [0.15, 0.2) is 65.5 Å². The van der Waals surface area contributed by atoms with Crippen LogP contribution in [0.1, 0.15) is 23.2 Å². The zero-order valence-corrected chi connectivity index (χ0v) is 19.0.